The van der Waals surface area contributed by atoms with E-state index in [1.54, 1.807) is 12.1 Å². The number of aromatic amines is 1. The molecule has 0 radical (unpaired) electrons. The monoisotopic (exact) mass is 357 g/mol. The van der Waals surface area contributed by atoms with Crippen LogP contribution in [0.15, 0.2) is 18.2 Å². The van der Waals surface area contributed by atoms with E-state index >= 15 is 0 Å². The Kier molecular flexibility index (Phi) is 4.98. The van der Waals surface area contributed by atoms with Gasteiger partial charge in [0.05, 0.1) is 6.42 Å². The van der Waals surface area contributed by atoms with Gasteiger partial charge in [-0.1, -0.05) is 0 Å². The van der Waals surface area contributed by atoms with Crippen LogP contribution >= 0.6 is 0 Å². The minimum atomic E-state index is -0.255. The molecule has 3 heterocycles. The van der Waals surface area contributed by atoms with Gasteiger partial charge >= 0.3 is 0 Å². The summed E-state index contributed by atoms with van der Waals surface area (Å²) < 4.78 is 13.7. The zero-order chi connectivity index (χ0) is 18.1. The van der Waals surface area contributed by atoms with Crippen molar-refractivity contribution in [3.63, 3.8) is 0 Å². The zero-order valence-electron chi connectivity index (χ0n) is 15.6. The number of likely N-dealkylation sites (tertiary alicyclic amines) is 2. The van der Waals surface area contributed by atoms with Gasteiger partial charge in [-0.3, -0.25) is 4.79 Å². The average Bonchev–Trinajstić information content (AvgIpc) is 3.24. The molecule has 0 spiro atoms. The Morgan fingerprint density at radius 2 is 1.96 bits per heavy atom. The highest BCUT2D eigenvalue weighted by atomic mass is 19.1. The van der Waals surface area contributed by atoms with Crippen molar-refractivity contribution in [3.8, 4) is 0 Å². The van der Waals surface area contributed by atoms with Crippen molar-refractivity contribution in [1.29, 1.82) is 0 Å². The van der Waals surface area contributed by atoms with Crippen molar-refractivity contribution in [3.05, 3.63) is 35.3 Å². The molecule has 1 aromatic carbocycles. The summed E-state index contributed by atoms with van der Waals surface area (Å²) in [5, 5.41) is 0.837. The van der Waals surface area contributed by atoms with E-state index in [2.05, 4.69) is 14.8 Å². The lowest BCUT2D eigenvalue weighted by molar-refractivity contribution is -0.134. The molecule has 2 aliphatic rings. The molecule has 0 unspecified atom stereocenters. The van der Waals surface area contributed by atoms with Gasteiger partial charge in [0.2, 0.25) is 5.91 Å². The maximum atomic E-state index is 13.7. The summed E-state index contributed by atoms with van der Waals surface area (Å²) in [5.41, 5.74) is 2.81. The molecular weight excluding hydrogens is 329 g/mol. The van der Waals surface area contributed by atoms with E-state index in [4.69, 9.17) is 0 Å². The number of hydrogen-bond acceptors (Lipinski definition) is 2. The number of carbonyl (C=O) groups excluding carboxylic acids is 1. The van der Waals surface area contributed by atoms with Crippen LogP contribution in [-0.4, -0.2) is 52.9 Å². The molecule has 1 atom stereocenters. The number of carbonyl (C=O) groups is 1. The van der Waals surface area contributed by atoms with E-state index < -0.39 is 0 Å². The molecule has 2 aromatic rings. The van der Waals surface area contributed by atoms with Gasteiger partial charge in [-0.2, -0.15) is 0 Å². The number of aryl methyl sites for hydroxylation is 1. The molecule has 4 rings (SSSR count). The van der Waals surface area contributed by atoms with E-state index in [0.29, 0.717) is 12.5 Å². The summed E-state index contributed by atoms with van der Waals surface area (Å²) >= 11 is 0. The highest BCUT2D eigenvalue weighted by Crippen LogP contribution is 2.26. The van der Waals surface area contributed by atoms with Crippen molar-refractivity contribution < 1.29 is 9.18 Å². The molecule has 0 saturated carbocycles. The standard InChI is InChI=1S/C21H28FN3O/c1-15-18(19-12-16(22)7-8-20(19)23-15)13-21(26)25-11-3-2-6-17(25)14-24-9-4-5-10-24/h7-8,12,17,23H,2-6,9-11,13-14H2,1H3/t17-/m1/s1. The zero-order valence-corrected chi connectivity index (χ0v) is 15.6. The summed E-state index contributed by atoms with van der Waals surface area (Å²) in [4.78, 5) is 21.0. The molecule has 1 aromatic heterocycles. The van der Waals surface area contributed by atoms with Crippen LogP contribution in [0.25, 0.3) is 10.9 Å². The first-order valence-corrected chi connectivity index (χ1v) is 9.90. The van der Waals surface area contributed by atoms with Gasteiger partial charge in [-0.05, 0) is 75.9 Å². The number of nitrogens with one attached hydrogen (secondary N) is 1. The van der Waals surface area contributed by atoms with Gasteiger partial charge in [0.15, 0.2) is 0 Å². The molecule has 4 nitrogen and oxygen atoms in total. The summed E-state index contributed by atoms with van der Waals surface area (Å²) in [6.45, 7) is 6.16. The highest BCUT2D eigenvalue weighted by Gasteiger charge is 2.29. The topological polar surface area (TPSA) is 39.3 Å². The van der Waals surface area contributed by atoms with Crippen LogP contribution in [0.2, 0.25) is 0 Å². The summed E-state index contributed by atoms with van der Waals surface area (Å²) in [6.07, 6.45) is 6.31. The van der Waals surface area contributed by atoms with E-state index in [1.807, 2.05) is 6.92 Å². The molecule has 2 fully saturated rings. The second-order valence-electron chi connectivity index (χ2n) is 7.84. The van der Waals surface area contributed by atoms with Crippen LogP contribution in [0.4, 0.5) is 4.39 Å². The first-order valence-electron chi connectivity index (χ1n) is 9.90. The van der Waals surface area contributed by atoms with Crippen molar-refractivity contribution in [2.45, 2.75) is 51.5 Å². The van der Waals surface area contributed by atoms with Gasteiger partial charge in [0.25, 0.3) is 0 Å². The van der Waals surface area contributed by atoms with Crippen LogP contribution in [0, 0.1) is 12.7 Å². The van der Waals surface area contributed by atoms with Gasteiger partial charge in [-0.25, -0.2) is 4.39 Å². The number of fused-ring (bicyclic) bond motifs is 1. The third kappa shape index (κ3) is 3.50. The first kappa shape index (κ1) is 17.5. The fourth-order valence-electron chi connectivity index (χ4n) is 4.62. The molecule has 0 aliphatic carbocycles. The van der Waals surface area contributed by atoms with E-state index in [-0.39, 0.29) is 11.7 Å². The average molecular weight is 357 g/mol. The van der Waals surface area contributed by atoms with Gasteiger partial charge in [0, 0.05) is 35.7 Å². The number of halogens is 1. The lowest BCUT2D eigenvalue weighted by atomic mass is 9.99. The molecule has 1 amide bonds. The Bertz CT molecular complexity index is 794. The number of rotatable bonds is 4. The maximum absolute atomic E-state index is 13.7. The minimum absolute atomic E-state index is 0.183. The Balaban J connectivity index is 1.52. The molecular formula is C21H28FN3O. The van der Waals surface area contributed by atoms with Crippen molar-refractivity contribution in [1.82, 2.24) is 14.8 Å². The molecule has 2 saturated heterocycles. The smallest absolute Gasteiger partial charge is 0.227 e. The van der Waals surface area contributed by atoms with Crippen molar-refractivity contribution in [2.75, 3.05) is 26.2 Å². The highest BCUT2D eigenvalue weighted by molar-refractivity contribution is 5.90. The van der Waals surface area contributed by atoms with Crippen molar-refractivity contribution in [2.24, 2.45) is 0 Å². The fraction of sp³-hybridized carbons (Fsp3) is 0.571. The second-order valence-corrected chi connectivity index (χ2v) is 7.84. The van der Waals surface area contributed by atoms with E-state index in [9.17, 15) is 9.18 Å². The Morgan fingerprint density at radius 1 is 1.19 bits per heavy atom. The van der Waals surface area contributed by atoms with Crippen molar-refractivity contribution >= 4 is 16.8 Å². The third-order valence-corrected chi connectivity index (χ3v) is 6.02. The largest absolute Gasteiger partial charge is 0.358 e. The van der Waals surface area contributed by atoms with Crippen LogP contribution in [0.1, 0.15) is 43.4 Å². The summed E-state index contributed by atoms with van der Waals surface area (Å²) in [6, 6.07) is 5.08. The van der Waals surface area contributed by atoms with E-state index in [0.717, 1.165) is 48.1 Å². The number of benzene rings is 1. The number of nitrogens with zero attached hydrogens (tertiary/aromatic N) is 2. The minimum Gasteiger partial charge on any atom is -0.358 e. The lowest BCUT2D eigenvalue weighted by Gasteiger charge is -2.38. The van der Waals surface area contributed by atoms with E-state index in [1.165, 1.54) is 38.4 Å². The summed E-state index contributed by atoms with van der Waals surface area (Å²) in [5.74, 6) is -0.0720. The predicted molar refractivity (Wildman–Crippen MR) is 102 cm³/mol. The Labute approximate surface area is 154 Å². The van der Waals surface area contributed by atoms with Crippen LogP contribution in [0.5, 0.6) is 0 Å². The van der Waals surface area contributed by atoms with Gasteiger partial charge < -0.3 is 14.8 Å². The van der Waals surface area contributed by atoms with Gasteiger partial charge in [-0.15, -0.1) is 0 Å². The molecule has 26 heavy (non-hydrogen) atoms. The lowest BCUT2D eigenvalue weighted by Crippen LogP contribution is -2.49. The quantitative estimate of drug-likeness (QED) is 0.907. The SMILES string of the molecule is Cc1[nH]c2ccc(F)cc2c1CC(=O)N1CCCC[C@@H]1CN1CCCC1. The van der Waals surface area contributed by atoms with Crippen LogP contribution < -0.4 is 0 Å². The van der Waals surface area contributed by atoms with Crippen LogP contribution in [-0.2, 0) is 11.2 Å². The van der Waals surface area contributed by atoms with Gasteiger partial charge in [0.1, 0.15) is 5.82 Å². The molecule has 140 valence electrons. The fourth-order valence-corrected chi connectivity index (χ4v) is 4.62. The maximum Gasteiger partial charge on any atom is 0.227 e. The number of piperidine rings is 1. The van der Waals surface area contributed by atoms with Crippen LogP contribution in [0.3, 0.4) is 0 Å². The number of hydrogen-bond donors (Lipinski definition) is 1. The normalized spacial score (nSPS) is 21.6. The number of aromatic nitrogens is 1. The number of amides is 1. The predicted octanol–water partition coefficient (Wildman–Crippen LogP) is 3.63. The summed E-state index contributed by atoms with van der Waals surface area (Å²) in [7, 11) is 0. The second kappa shape index (κ2) is 7.39. The Hall–Kier alpha value is -1.88. The number of H-pyrrole nitrogens is 1. The molecule has 1 N–H and O–H groups in total. The molecule has 5 heteroatoms. The molecule has 0 bridgehead atoms. The first-order chi connectivity index (χ1) is 12.6. The Morgan fingerprint density at radius 3 is 2.77 bits per heavy atom. The third-order valence-electron chi connectivity index (χ3n) is 6.02. The molecule has 2 aliphatic heterocycles.